The summed E-state index contributed by atoms with van der Waals surface area (Å²) in [5.74, 6) is 0. The van der Waals surface area contributed by atoms with Crippen molar-refractivity contribution >= 4 is 39.9 Å². The zero-order valence-corrected chi connectivity index (χ0v) is 9.48. The van der Waals surface area contributed by atoms with Crippen LogP contribution in [0, 0.1) is 0 Å². The predicted molar refractivity (Wildman–Crippen MR) is 63.4 cm³/mol. The lowest BCUT2D eigenvalue weighted by atomic mass is 10.2. The lowest BCUT2D eigenvalue weighted by Crippen LogP contribution is -1.92. The van der Waals surface area contributed by atoms with E-state index in [0.29, 0.717) is 0 Å². The Hall–Kier alpha value is 0.01000. The molecule has 0 atom stereocenters. The normalized spacial score (nSPS) is 9.83. The van der Waals surface area contributed by atoms with Crippen LogP contribution in [-0.4, -0.2) is 16.7 Å². The fraction of sp³-hybridized carbons (Fsp3) is 0.222. The summed E-state index contributed by atoms with van der Waals surface area (Å²) in [7, 11) is 0. The van der Waals surface area contributed by atoms with Gasteiger partial charge in [0, 0.05) is 10.5 Å². The summed E-state index contributed by atoms with van der Waals surface area (Å²) >= 11 is 8.59. The summed E-state index contributed by atoms with van der Waals surface area (Å²) in [5, 5.41) is 0. The van der Waals surface area contributed by atoms with E-state index >= 15 is 0 Å². The SMILES string of the molecule is CSC(=S)c1ccccc1SC. The van der Waals surface area contributed by atoms with Gasteiger partial charge in [0.25, 0.3) is 0 Å². The third-order valence-electron chi connectivity index (χ3n) is 1.51. The van der Waals surface area contributed by atoms with E-state index in [4.69, 9.17) is 12.2 Å². The van der Waals surface area contributed by atoms with Crippen LogP contribution in [0.25, 0.3) is 0 Å². The summed E-state index contributed by atoms with van der Waals surface area (Å²) in [6, 6.07) is 8.24. The molecule has 0 unspecified atom stereocenters. The molecule has 0 amide bonds. The van der Waals surface area contributed by atoms with Crippen LogP contribution in [0.5, 0.6) is 0 Å². The van der Waals surface area contributed by atoms with Gasteiger partial charge >= 0.3 is 0 Å². The fourth-order valence-electron chi connectivity index (χ4n) is 0.923. The van der Waals surface area contributed by atoms with Crippen molar-refractivity contribution in [1.29, 1.82) is 0 Å². The van der Waals surface area contributed by atoms with Gasteiger partial charge in [-0.15, -0.1) is 23.5 Å². The molecule has 1 aromatic carbocycles. The van der Waals surface area contributed by atoms with Gasteiger partial charge in [-0.25, -0.2) is 0 Å². The first-order valence-electron chi connectivity index (χ1n) is 3.51. The average Bonchev–Trinajstić information content (AvgIpc) is 2.16. The van der Waals surface area contributed by atoms with Gasteiger partial charge in [0.15, 0.2) is 0 Å². The van der Waals surface area contributed by atoms with Crippen molar-refractivity contribution < 1.29 is 0 Å². The minimum absolute atomic E-state index is 0.972. The van der Waals surface area contributed by atoms with Crippen molar-refractivity contribution in [2.45, 2.75) is 4.90 Å². The zero-order chi connectivity index (χ0) is 8.97. The van der Waals surface area contributed by atoms with Crippen LogP contribution in [-0.2, 0) is 0 Å². The van der Waals surface area contributed by atoms with Crippen LogP contribution >= 0.6 is 35.7 Å². The molecule has 0 aliphatic rings. The second kappa shape index (κ2) is 4.90. The molecule has 3 heteroatoms. The molecule has 1 aromatic rings. The molecule has 0 N–H and O–H groups in total. The van der Waals surface area contributed by atoms with Gasteiger partial charge in [0.2, 0.25) is 0 Å². The molecule has 0 radical (unpaired) electrons. The number of rotatable bonds is 2. The summed E-state index contributed by atoms with van der Waals surface area (Å²) in [5.41, 5.74) is 1.19. The molecule has 0 bridgehead atoms. The van der Waals surface area contributed by atoms with Crippen LogP contribution in [0.15, 0.2) is 29.2 Å². The highest BCUT2D eigenvalue weighted by Gasteiger charge is 2.03. The summed E-state index contributed by atoms with van der Waals surface area (Å²) in [6.45, 7) is 0. The van der Waals surface area contributed by atoms with E-state index in [1.807, 2.05) is 18.4 Å². The van der Waals surface area contributed by atoms with E-state index in [-0.39, 0.29) is 0 Å². The maximum atomic E-state index is 5.23. The van der Waals surface area contributed by atoms with Crippen LogP contribution in [0.2, 0.25) is 0 Å². The second-order valence-electron chi connectivity index (χ2n) is 2.19. The minimum Gasteiger partial charge on any atom is -0.129 e. The predicted octanol–water partition coefficient (Wildman–Crippen LogP) is 3.45. The highest BCUT2D eigenvalue weighted by molar-refractivity contribution is 8.23. The van der Waals surface area contributed by atoms with E-state index < -0.39 is 0 Å². The van der Waals surface area contributed by atoms with Gasteiger partial charge in [-0.1, -0.05) is 30.4 Å². The number of hydrogen-bond donors (Lipinski definition) is 0. The van der Waals surface area contributed by atoms with Crippen LogP contribution in [0.1, 0.15) is 5.56 Å². The molecule has 0 aliphatic heterocycles. The summed E-state index contributed by atoms with van der Waals surface area (Å²) < 4.78 is 0.972. The van der Waals surface area contributed by atoms with E-state index in [2.05, 4.69) is 18.4 Å². The molecule has 64 valence electrons. The number of hydrogen-bond acceptors (Lipinski definition) is 3. The lowest BCUT2D eigenvalue weighted by molar-refractivity contribution is 1.44. The van der Waals surface area contributed by atoms with E-state index in [1.54, 1.807) is 23.5 Å². The van der Waals surface area contributed by atoms with E-state index in [0.717, 1.165) is 4.20 Å². The van der Waals surface area contributed by atoms with Crippen molar-refractivity contribution in [1.82, 2.24) is 0 Å². The molecule has 0 aromatic heterocycles. The highest BCUT2D eigenvalue weighted by atomic mass is 32.2. The smallest absolute Gasteiger partial charge is 0.0786 e. The molecule has 0 saturated heterocycles. The summed E-state index contributed by atoms with van der Waals surface area (Å²) in [4.78, 5) is 1.26. The maximum Gasteiger partial charge on any atom is 0.0786 e. The molecular weight excluding hydrogens is 204 g/mol. The Morgan fingerprint density at radius 1 is 1.25 bits per heavy atom. The first-order chi connectivity index (χ1) is 5.79. The molecule has 12 heavy (non-hydrogen) atoms. The molecule has 0 heterocycles. The first kappa shape index (κ1) is 10.1. The van der Waals surface area contributed by atoms with E-state index in [9.17, 15) is 0 Å². The maximum absolute atomic E-state index is 5.23. The molecule has 0 nitrogen and oxygen atoms in total. The Morgan fingerprint density at radius 3 is 2.50 bits per heavy atom. The van der Waals surface area contributed by atoms with Crippen molar-refractivity contribution in [3.8, 4) is 0 Å². The van der Waals surface area contributed by atoms with Crippen LogP contribution < -0.4 is 0 Å². The van der Waals surface area contributed by atoms with Gasteiger partial charge in [-0.2, -0.15) is 0 Å². The Labute approximate surface area is 87.1 Å². The van der Waals surface area contributed by atoms with E-state index in [1.165, 1.54) is 10.5 Å². The molecule has 0 saturated carbocycles. The molecule has 0 spiro atoms. The van der Waals surface area contributed by atoms with Gasteiger partial charge in [-0.05, 0) is 18.6 Å². The monoisotopic (exact) mass is 214 g/mol. The fourth-order valence-corrected chi connectivity index (χ4v) is 2.23. The zero-order valence-electron chi connectivity index (χ0n) is 7.03. The minimum atomic E-state index is 0.972. The second-order valence-corrected chi connectivity index (χ2v) is 4.52. The molecule has 0 aliphatic carbocycles. The largest absolute Gasteiger partial charge is 0.129 e. The Kier molecular flexibility index (Phi) is 4.12. The van der Waals surface area contributed by atoms with Crippen molar-refractivity contribution in [3.63, 3.8) is 0 Å². The van der Waals surface area contributed by atoms with Crippen LogP contribution in [0.4, 0.5) is 0 Å². The Morgan fingerprint density at radius 2 is 1.92 bits per heavy atom. The van der Waals surface area contributed by atoms with Gasteiger partial charge in [-0.3, -0.25) is 0 Å². The topological polar surface area (TPSA) is 0 Å². The first-order valence-corrected chi connectivity index (χ1v) is 6.36. The average molecular weight is 214 g/mol. The van der Waals surface area contributed by atoms with Crippen molar-refractivity contribution in [2.75, 3.05) is 12.5 Å². The van der Waals surface area contributed by atoms with Gasteiger partial charge in [0.05, 0.1) is 4.20 Å². The quantitative estimate of drug-likeness (QED) is 0.547. The number of thiocarbonyl (C=S) groups is 1. The summed E-state index contributed by atoms with van der Waals surface area (Å²) in [6.07, 6.45) is 4.08. The molecule has 1 rings (SSSR count). The number of benzene rings is 1. The Bertz CT molecular complexity index is 281. The third kappa shape index (κ3) is 2.25. The number of thioether (sulfide) groups is 2. The van der Waals surface area contributed by atoms with Gasteiger partial charge < -0.3 is 0 Å². The highest BCUT2D eigenvalue weighted by Crippen LogP contribution is 2.23. The van der Waals surface area contributed by atoms with Crippen molar-refractivity contribution in [2.24, 2.45) is 0 Å². The third-order valence-corrected chi connectivity index (χ3v) is 3.62. The Balaban J connectivity index is 3.04. The molecule has 0 fully saturated rings. The standard InChI is InChI=1S/C9H10S3/c1-11-8-6-4-3-5-7(8)9(10)12-2/h3-6H,1-2H3. The van der Waals surface area contributed by atoms with Crippen molar-refractivity contribution in [3.05, 3.63) is 29.8 Å². The molecular formula is C9H10S3. The van der Waals surface area contributed by atoms with Gasteiger partial charge in [0.1, 0.15) is 0 Å². The van der Waals surface area contributed by atoms with Crippen LogP contribution in [0.3, 0.4) is 0 Å². The lowest BCUT2D eigenvalue weighted by Gasteiger charge is -2.05.